The Balaban J connectivity index is 1.91. The molecule has 0 saturated heterocycles. The highest BCUT2D eigenvalue weighted by molar-refractivity contribution is 5.52. The molecule has 0 aliphatic heterocycles. The molecular weight excluding hydrogens is 342 g/mol. The van der Waals surface area contributed by atoms with Gasteiger partial charge >= 0.3 is 0 Å². The van der Waals surface area contributed by atoms with Gasteiger partial charge in [0.2, 0.25) is 0 Å². The minimum Gasteiger partial charge on any atom is -0.493 e. The van der Waals surface area contributed by atoms with Crippen LogP contribution in [0.25, 0.3) is 6.08 Å². The highest BCUT2D eigenvalue weighted by Gasteiger charge is 2.08. The Labute approximate surface area is 161 Å². The summed E-state index contributed by atoms with van der Waals surface area (Å²) in [7, 11) is 3.28. The number of aromatic nitrogens is 2. The molecule has 146 valence electrons. The molecule has 0 bridgehead atoms. The third-order valence-electron chi connectivity index (χ3n) is 4.09. The van der Waals surface area contributed by atoms with Crippen molar-refractivity contribution in [1.82, 2.24) is 9.97 Å². The zero-order valence-electron chi connectivity index (χ0n) is 16.5. The number of methoxy groups -OCH3 is 2. The van der Waals surface area contributed by atoms with Crippen molar-refractivity contribution in [2.45, 2.75) is 32.6 Å². The Hall–Kier alpha value is -2.76. The summed E-state index contributed by atoms with van der Waals surface area (Å²) in [5.41, 5.74) is 1.18. The van der Waals surface area contributed by atoms with Crippen molar-refractivity contribution in [1.29, 1.82) is 0 Å². The number of unbranched alkanes of at least 4 members (excludes halogenated alkanes) is 1. The van der Waals surface area contributed by atoms with E-state index in [-0.39, 0.29) is 0 Å². The van der Waals surface area contributed by atoms with Crippen molar-refractivity contribution in [3.8, 4) is 17.2 Å². The highest BCUT2D eigenvalue weighted by atomic mass is 16.5. The Morgan fingerprint density at radius 2 is 1.93 bits per heavy atom. The van der Waals surface area contributed by atoms with Crippen LogP contribution in [0.3, 0.4) is 0 Å². The Kier molecular flexibility index (Phi) is 8.42. The van der Waals surface area contributed by atoms with Gasteiger partial charge in [0.1, 0.15) is 0 Å². The number of hydrogen-bond acceptors (Lipinski definition) is 6. The first-order chi connectivity index (χ1) is 13.2. The van der Waals surface area contributed by atoms with Gasteiger partial charge in [-0.25, -0.2) is 9.97 Å². The van der Waals surface area contributed by atoms with Crippen LogP contribution in [-0.4, -0.2) is 37.3 Å². The molecule has 1 aromatic heterocycles. The first-order valence-corrected chi connectivity index (χ1v) is 9.28. The lowest BCUT2D eigenvalue weighted by Crippen LogP contribution is -2.08. The largest absolute Gasteiger partial charge is 0.493 e. The normalized spacial score (nSPS) is 10.3. The maximum absolute atomic E-state index is 5.91. The first kappa shape index (κ1) is 20.6. The number of aryl methyl sites for hydroxylation is 1. The molecule has 1 heterocycles. The van der Waals surface area contributed by atoms with Crippen LogP contribution >= 0.6 is 0 Å². The van der Waals surface area contributed by atoms with E-state index in [0.29, 0.717) is 18.2 Å². The summed E-state index contributed by atoms with van der Waals surface area (Å²) >= 11 is 0. The van der Waals surface area contributed by atoms with E-state index in [4.69, 9.17) is 14.2 Å². The number of hydrogen-bond donors (Lipinski definition) is 1. The van der Waals surface area contributed by atoms with E-state index in [2.05, 4.69) is 28.8 Å². The van der Waals surface area contributed by atoms with Crippen molar-refractivity contribution >= 4 is 11.9 Å². The minimum atomic E-state index is 0.577. The topological polar surface area (TPSA) is 65.5 Å². The second-order valence-corrected chi connectivity index (χ2v) is 6.07. The van der Waals surface area contributed by atoms with Gasteiger partial charge < -0.3 is 19.5 Å². The van der Waals surface area contributed by atoms with Crippen LogP contribution in [-0.2, 0) is 6.42 Å². The number of ether oxygens (including phenoxy) is 3. The van der Waals surface area contributed by atoms with Crippen LogP contribution in [0.5, 0.6) is 17.2 Å². The third-order valence-corrected chi connectivity index (χ3v) is 4.09. The van der Waals surface area contributed by atoms with Gasteiger partial charge in [-0.05, 0) is 43.0 Å². The van der Waals surface area contributed by atoms with Gasteiger partial charge in [-0.2, -0.15) is 0 Å². The van der Waals surface area contributed by atoms with Crippen molar-refractivity contribution in [2.75, 3.05) is 32.7 Å². The summed E-state index contributed by atoms with van der Waals surface area (Å²) in [6, 6.07) is 5.96. The summed E-state index contributed by atoms with van der Waals surface area (Å²) in [5, 5.41) is 3.32. The molecule has 6 nitrogen and oxygen atoms in total. The van der Waals surface area contributed by atoms with Crippen molar-refractivity contribution < 1.29 is 14.2 Å². The van der Waals surface area contributed by atoms with E-state index < -0.39 is 0 Å². The molecule has 0 radical (unpaired) electrons. The molecule has 0 amide bonds. The molecule has 0 saturated carbocycles. The van der Waals surface area contributed by atoms with Crippen LogP contribution in [0.2, 0.25) is 0 Å². The van der Waals surface area contributed by atoms with Gasteiger partial charge in [0.25, 0.3) is 0 Å². The lowest BCUT2D eigenvalue weighted by atomic mass is 10.1. The lowest BCUT2D eigenvalue weighted by Gasteiger charge is -2.13. The van der Waals surface area contributed by atoms with Gasteiger partial charge in [-0.3, -0.25) is 0 Å². The molecule has 1 aromatic carbocycles. The summed E-state index contributed by atoms with van der Waals surface area (Å²) in [4.78, 5) is 8.69. The smallest absolute Gasteiger partial charge is 0.179 e. The van der Waals surface area contributed by atoms with Gasteiger partial charge in [-0.15, -0.1) is 0 Å². The molecule has 2 rings (SSSR count). The number of anilines is 1. The van der Waals surface area contributed by atoms with Crippen molar-refractivity contribution in [2.24, 2.45) is 0 Å². The van der Waals surface area contributed by atoms with E-state index in [1.807, 2.05) is 18.2 Å². The van der Waals surface area contributed by atoms with Gasteiger partial charge in [-0.1, -0.05) is 26.0 Å². The SMILES string of the molecule is C=Cc1ncc(OCCCc2ccc(OC)c(OC)c2)c(NCCCC)n1. The number of nitrogens with one attached hydrogen (secondary N) is 1. The monoisotopic (exact) mass is 371 g/mol. The number of rotatable bonds is 12. The number of benzene rings is 1. The van der Waals surface area contributed by atoms with Crippen molar-refractivity contribution in [3.05, 3.63) is 42.4 Å². The molecule has 6 heteroatoms. The maximum atomic E-state index is 5.91. The third kappa shape index (κ3) is 6.16. The second-order valence-electron chi connectivity index (χ2n) is 6.07. The zero-order chi connectivity index (χ0) is 19.5. The quantitative estimate of drug-likeness (QED) is 0.559. The average Bonchev–Trinajstić information content (AvgIpc) is 2.71. The Morgan fingerprint density at radius 1 is 1.11 bits per heavy atom. The summed E-state index contributed by atoms with van der Waals surface area (Å²) in [6.07, 6.45) is 7.28. The standard InChI is InChI=1S/C21H29N3O3/c1-5-7-12-22-21-19(15-23-20(6-2)24-21)27-13-8-9-16-10-11-17(25-3)18(14-16)26-4/h6,10-11,14-15H,2,5,7-9,12-13H2,1,3-4H3,(H,22,23,24). The van der Waals surface area contributed by atoms with Gasteiger partial charge in [0.05, 0.1) is 27.0 Å². The summed E-state index contributed by atoms with van der Waals surface area (Å²) < 4.78 is 16.5. The van der Waals surface area contributed by atoms with Crippen LogP contribution in [0, 0.1) is 0 Å². The Bertz CT molecular complexity index is 735. The Morgan fingerprint density at radius 3 is 2.63 bits per heavy atom. The fourth-order valence-corrected chi connectivity index (χ4v) is 2.59. The van der Waals surface area contributed by atoms with Gasteiger partial charge in [0.15, 0.2) is 28.9 Å². The van der Waals surface area contributed by atoms with Crippen LogP contribution in [0.1, 0.15) is 37.6 Å². The molecule has 0 fully saturated rings. The number of nitrogens with zero attached hydrogens (tertiary/aromatic N) is 2. The van der Waals surface area contributed by atoms with Crippen LogP contribution < -0.4 is 19.5 Å². The zero-order valence-corrected chi connectivity index (χ0v) is 16.5. The average molecular weight is 371 g/mol. The fourth-order valence-electron chi connectivity index (χ4n) is 2.59. The molecule has 2 aromatic rings. The van der Waals surface area contributed by atoms with E-state index in [9.17, 15) is 0 Å². The molecule has 0 unspecified atom stereocenters. The van der Waals surface area contributed by atoms with E-state index in [0.717, 1.165) is 49.5 Å². The predicted octanol–water partition coefficient (Wildman–Crippen LogP) is 4.36. The van der Waals surface area contributed by atoms with E-state index in [1.165, 1.54) is 5.56 Å². The van der Waals surface area contributed by atoms with Gasteiger partial charge in [0, 0.05) is 6.54 Å². The predicted molar refractivity (Wildman–Crippen MR) is 109 cm³/mol. The molecule has 27 heavy (non-hydrogen) atoms. The maximum Gasteiger partial charge on any atom is 0.179 e. The molecule has 0 aliphatic carbocycles. The summed E-state index contributed by atoms with van der Waals surface area (Å²) in [6.45, 7) is 7.31. The first-order valence-electron chi connectivity index (χ1n) is 9.28. The molecule has 0 aliphatic rings. The highest BCUT2D eigenvalue weighted by Crippen LogP contribution is 2.28. The molecule has 0 spiro atoms. The van der Waals surface area contributed by atoms with Crippen molar-refractivity contribution in [3.63, 3.8) is 0 Å². The van der Waals surface area contributed by atoms with E-state index >= 15 is 0 Å². The van der Waals surface area contributed by atoms with Crippen LogP contribution in [0.4, 0.5) is 5.82 Å². The lowest BCUT2D eigenvalue weighted by molar-refractivity contribution is 0.309. The molecular formula is C21H29N3O3. The molecule has 1 N–H and O–H groups in total. The summed E-state index contributed by atoms with van der Waals surface area (Å²) in [5.74, 6) is 3.46. The molecule has 0 atom stereocenters. The fraction of sp³-hybridized carbons (Fsp3) is 0.429. The van der Waals surface area contributed by atoms with Crippen LogP contribution in [0.15, 0.2) is 31.0 Å². The van der Waals surface area contributed by atoms with E-state index in [1.54, 1.807) is 26.5 Å². The minimum absolute atomic E-state index is 0.577. The second kappa shape index (κ2) is 11.1.